The number of aliphatic carboxylic acids is 1. The predicted molar refractivity (Wildman–Crippen MR) is 91.0 cm³/mol. The van der Waals surface area contributed by atoms with Crippen molar-refractivity contribution in [1.82, 2.24) is 5.32 Å². The summed E-state index contributed by atoms with van der Waals surface area (Å²) < 4.78 is 9.99. The number of hydrogen-bond donors (Lipinski definition) is 2. The SMILES string of the molecule is CC(C)C[C@H](CNC(=O)O[C@H](C)OC(=O)c1ccccc1)CC(=O)O. The monoisotopic (exact) mass is 351 g/mol. The summed E-state index contributed by atoms with van der Waals surface area (Å²) in [6, 6.07) is 8.36. The molecule has 0 unspecified atom stereocenters. The molecule has 7 nitrogen and oxygen atoms in total. The average Bonchev–Trinajstić information content (AvgIpc) is 2.52. The van der Waals surface area contributed by atoms with Crippen LogP contribution in [-0.4, -0.2) is 36.0 Å². The molecular weight excluding hydrogens is 326 g/mol. The highest BCUT2D eigenvalue weighted by atomic mass is 16.7. The lowest BCUT2D eigenvalue weighted by atomic mass is 9.94. The van der Waals surface area contributed by atoms with Gasteiger partial charge < -0.3 is 19.9 Å². The average molecular weight is 351 g/mol. The minimum absolute atomic E-state index is 0.0307. The van der Waals surface area contributed by atoms with E-state index in [0.717, 1.165) is 0 Å². The second-order valence-corrected chi connectivity index (χ2v) is 6.22. The molecule has 0 saturated heterocycles. The summed E-state index contributed by atoms with van der Waals surface area (Å²) in [7, 11) is 0. The molecular formula is C18H25NO6. The lowest BCUT2D eigenvalue weighted by molar-refractivity contribution is -0.138. The number of carbonyl (C=O) groups excluding carboxylic acids is 2. The smallest absolute Gasteiger partial charge is 0.410 e. The van der Waals surface area contributed by atoms with E-state index in [1.165, 1.54) is 6.92 Å². The molecule has 1 rings (SSSR count). The molecule has 0 spiro atoms. The van der Waals surface area contributed by atoms with Crippen LogP contribution in [0, 0.1) is 11.8 Å². The number of amides is 1. The summed E-state index contributed by atoms with van der Waals surface area (Å²) >= 11 is 0. The molecule has 0 bridgehead atoms. The number of carboxylic acid groups (broad SMARTS) is 1. The first-order valence-electron chi connectivity index (χ1n) is 8.20. The maximum Gasteiger partial charge on any atom is 0.410 e. The molecule has 0 saturated carbocycles. The normalized spacial score (nSPS) is 13.0. The van der Waals surface area contributed by atoms with Gasteiger partial charge >= 0.3 is 18.0 Å². The summed E-state index contributed by atoms with van der Waals surface area (Å²) in [4.78, 5) is 34.5. The minimum Gasteiger partial charge on any atom is -0.481 e. The molecule has 138 valence electrons. The van der Waals surface area contributed by atoms with Gasteiger partial charge in [-0.1, -0.05) is 32.0 Å². The molecule has 1 aromatic carbocycles. The highest BCUT2D eigenvalue weighted by molar-refractivity contribution is 5.89. The van der Waals surface area contributed by atoms with E-state index in [4.69, 9.17) is 14.6 Å². The van der Waals surface area contributed by atoms with Crippen LogP contribution in [0.1, 0.15) is 44.0 Å². The number of hydrogen-bond acceptors (Lipinski definition) is 5. The zero-order valence-electron chi connectivity index (χ0n) is 14.7. The Morgan fingerprint density at radius 2 is 1.72 bits per heavy atom. The van der Waals surface area contributed by atoms with E-state index in [1.54, 1.807) is 30.3 Å². The Bertz CT molecular complexity index is 572. The third kappa shape index (κ3) is 8.74. The fourth-order valence-electron chi connectivity index (χ4n) is 2.39. The van der Waals surface area contributed by atoms with E-state index >= 15 is 0 Å². The Labute approximate surface area is 147 Å². The van der Waals surface area contributed by atoms with Crippen molar-refractivity contribution in [3.8, 4) is 0 Å². The number of carbonyl (C=O) groups is 3. The molecule has 0 aliphatic carbocycles. The van der Waals surface area contributed by atoms with E-state index in [0.29, 0.717) is 17.9 Å². The van der Waals surface area contributed by atoms with Gasteiger partial charge in [-0.3, -0.25) is 4.79 Å². The van der Waals surface area contributed by atoms with Gasteiger partial charge in [-0.25, -0.2) is 9.59 Å². The Morgan fingerprint density at radius 3 is 2.28 bits per heavy atom. The van der Waals surface area contributed by atoms with Crippen LogP contribution in [0.5, 0.6) is 0 Å². The largest absolute Gasteiger partial charge is 0.481 e. The van der Waals surface area contributed by atoms with Gasteiger partial charge in [0.15, 0.2) is 0 Å². The second kappa shape index (κ2) is 10.3. The quantitative estimate of drug-likeness (QED) is 0.524. The second-order valence-electron chi connectivity index (χ2n) is 6.22. The highest BCUT2D eigenvalue weighted by Crippen LogP contribution is 2.15. The number of alkyl carbamates (subject to hydrolysis) is 1. The number of nitrogens with one attached hydrogen (secondary N) is 1. The standard InChI is InChI=1S/C18H25NO6/c1-12(2)9-14(10-16(20)21)11-19-18(23)25-13(3)24-17(22)15-7-5-4-6-8-15/h4-8,12-14H,9-11H2,1-3H3,(H,19,23)(H,20,21)/t13-,14+/m1/s1. The predicted octanol–water partition coefficient (Wildman–Crippen LogP) is 3.05. The van der Waals surface area contributed by atoms with Gasteiger partial charge in [0.1, 0.15) is 0 Å². The van der Waals surface area contributed by atoms with Crippen LogP contribution in [-0.2, 0) is 14.3 Å². The van der Waals surface area contributed by atoms with E-state index < -0.39 is 24.3 Å². The molecule has 7 heteroatoms. The Kier molecular flexibility index (Phi) is 8.46. The van der Waals surface area contributed by atoms with Crippen molar-refractivity contribution in [1.29, 1.82) is 0 Å². The Balaban J connectivity index is 2.41. The lowest BCUT2D eigenvalue weighted by Gasteiger charge is -2.19. The van der Waals surface area contributed by atoms with Gasteiger partial charge in [0, 0.05) is 19.9 Å². The van der Waals surface area contributed by atoms with Gasteiger partial charge in [-0.2, -0.15) is 0 Å². The Hall–Kier alpha value is -2.57. The van der Waals surface area contributed by atoms with E-state index in [-0.39, 0.29) is 18.9 Å². The molecule has 25 heavy (non-hydrogen) atoms. The molecule has 1 aromatic rings. The zero-order valence-corrected chi connectivity index (χ0v) is 14.7. The summed E-state index contributed by atoms with van der Waals surface area (Å²) in [6.07, 6.45) is -1.18. The molecule has 0 radical (unpaired) electrons. The van der Waals surface area contributed by atoms with Gasteiger partial charge in [0.2, 0.25) is 6.29 Å². The molecule has 0 aromatic heterocycles. The van der Waals surface area contributed by atoms with Crippen molar-refractivity contribution in [2.45, 2.75) is 39.9 Å². The molecule has 2 N–H and O–H groups in total. The summed E-state index contributed by atoms with van der Waals surface area (Å²) in [5, 5.41) is 11.4. The van der Waals surface area contributed by atoms with Crippen molar-refractivity contribution in [3.63, 3.8) is 0 Å². The van der Waals surface area contributed by atoms with Gasteiger partial charge in [-0.15, -0.1) is 0 Å². The molecule has 2 atom stereocenters. The van der Waals surface area contributed by atoms with Gasteiger partial charge in [0.25, 0.3) is 0 Å². The van der Waals surface area contributed by atoms with Gasteiger partial charge in [-0.05, 0) is 30.4 Å². The van der Waals surface area contributed by atoms with Crippen molar-refractivity contribution in [2.75, 3.05) is 6.54 Å². The number of esters is 1. The van der Waals surface area contributed by atoms with Crippen LogP contribution in [0.2, 0.25) is 0 Å². The number of ether oxygens (including phenoxy) is 2. The van der Waals surface area contributed by atoms with Crippen LogP contribution in [0.25, 0.3) is 0 Å². The molecule has 1 amide bonds. The van der Waals surface area contributed by atoms with Crippen LogP contribution in [0.15, 0.2) is 30.3 Å². The maximum atomic E-state index is 11.8. The van der Waals surface area contributed by atoms with Crippen molar-refractivity contribution in [3.05, 3.63) is 35.9 Å². The first-order valence-corrected chi connectivity index (χ1v) is 8.20. The summed E-state index contributed by atoms with van der Waals surface area (Å²) in [5.41, 5.74) is 0.358. The first-order chi connectivity index (χ1) is 11.8. The summed E-state index contributed by atoms with van der Waals surface area (Å²) in [6.45, 7) is 5.59. The minimum atomic E-state index is -1.06. The molecule has 0 aliphatic rings. The Morgan fingerprint density at radius 1 is 1.08 bits per heavy atom. The van der Waals surface area contributed by atoms with E-state index in [1.807, 2.05) is 13.8 Å². The van der Waals surface area contributed by atoms with Crippen molar-refractivity contribution in [2.24, 2.45) is 11.8 Å². The topological polar surface area (TPSA) is 102 Å². The van der Waals surface area contributed by atoms with Crippen LogP contribution >= 0.6 is 0 Å². The lowest BCUT2D eigenvalue weighted by Crippen LogP contribution is -2.34. The fourth-order valence-corrected chi connectivity index (χ4v) is 2.39. The fraction of sp³-hybridized carbons (Fsp3) is 0.500. The van der Waals surface area contributed by atoms with Crippen LogP contribution in [0.3, 0.4) is 0 Å². The third-order valence-electron chi connectivity index (χ3n) is 3.36. The van der Waals surface area contributed by atoms with Crippen LogP contribution in [0.4, 0.5) is 4.79 Å². The van der Waals surface area contributed by atoms with Gasteiger partial charge in [0.05, 0.1) is 5.56 Å². The van der Waals surface area contributed by atoms with E-state index in [2.05, 4.69) is 5.32 Å². The van der Waals surface area contributed by atoms with Crippen molar-refractivity contribution >= 4 is 18.0 Å². The van der Waals surface area contributed by atoms with E-state index in [9.17, 15) is 14.4 Å². The number of carboxylic acids is 1. The molecule has 0 aliphatic heterocycles. The van der Waals surface area contributed by atoms with Crippen LogP contribution < -0.4 is 5.32 Å². The highest BCUT2D eigenvalue weighted by Gasteiger charge is 2.19. The number of rotatable bonds is 9. The molecule has 0 fully saturated rings. The number of benzene rings is 1. The first kappa shape index (κ1) is 20.5. The third-order valence-corrected chi connectivity index (χ3v) is 3.36. The zero-order chi connectivity index (χ0) is 18.8. The van der Waals surface area contributed by atoms with Crippen molar-refractivity contribution < 1.29 is 29.0 Å². The molecule has 0 heterocycles. The maximum absolute atomic E-state index is 11.8. The summed E-state index contributed by atoms with van der Waals surface area (Å²) in [5.74, 6) is -1.38.